The summed E-state index contributed by atoms with van der Waals surface area (Å²) in [5.41, 5.74) is -0.946. The van der Waals surface area contributed by atoms with Gasteiger partial charge in [0.25, 0.3) is 10.0 Å². The number of benzene rings is 1. The number of nitro groups is 1. The van der Waals surface area contributed by atoms with Gasteiger partial charge >= 0.3 is 5.69 Å². The highest BCUT2D eigenvalue weighted by atomic mass is 35.5. The molecule has 2 rings (SSSR count). The Hall–Kier alpha value is -2.33. The third-order valence-corrected chi connectivity index (χ3v) is 3.82. The molecule has 0 aliphatic carbocycles. The number of anilines is 1. The Morgan fingerprint density at radius 2 is 2.05 bits per heavy atom. The van der Waals surface area contributed by atoms with E-state index in [2.05, 4.69) is 14.7 Å². The molecule has 11 heteroatoms. The van der Waals surface area contributed by atoms with Gasteiger partial charge < -0.3 is 0 Å². The molecule has 0 aliphatic heterocycles. The summed E-state index contributed by atoms with van der Waals surface area (Å²) >= 11 is 5.51. The molecule has 1 aromatic heterocycles. The van der Waals surface area contributed by atoms with Crippen molar-refractivity contribution in [2.45, 2.75) is 4.90 Å². The zero-order valence-corrected chi connectivity index (χ0v) is 11.6. The molecular formula is C10H6ClFN4O4S. The monoisotopic (exact) mass is 332 g/mol. The first-order chi connectivity index (χ1) is 9.79. The van der Waals surface area contributed by atoms with Gasteiger partial charge in [0.1, 0.15) is 5.82 Å². The molecule has 1 N–H and O–H groups in total. The maximum Gasteiger partial charge on any atom is 0.306 e. The van der Waals surface area contributed by atoms with Crippen LogP contribution in [-0.2, 0) is 10.0 Å². The van der Waals surface area contributed by atoms with Gasteiger partial charge in [0.05, 0.1) is 9.82 Å². The first-order valence-electron chi connectivity index (χ1n) is 5.25. The highest BCUT2D eigenvalue weighted by Crippen LogP contribution is 2.23. The standard InChI is InChI=1S/C10H6ClFN4O4S/c11-10-13-4-3-9(14-10)15-21(19,20)6-1-2-7(12)8(5-6)16(17)18/h1-5H,(H,13,14,15). The normalized spacial score (nSPS) is 11.1. The third kappa shape index (κ3) is 3.41. The van der Waals surface area contributed by atoms with E-state index in [1.54, 1.807) is 0 Å². The summed E-state index contributed by atoms with van der Waals surface area (Å²) in [5.74, 6) is -1.26. The summed E-state index contributed by atoms with van der Waals surface area (Å²) in [6, 6.07) is 3.44. The molecule has 2 aromatic rings. The van der Waals surface area contributed by atoms with Gasteiger partial charge in [-0.2, -0.15) is 9.37 Å². The zero-order chi connectivity index (χ0) is 15.6. The van der Waals surface area contributed by atoms with E-state index in [1.165, 1.54) is 12.3 Å². The summed E-state index contributed by atoms with van der Waals surface area (Å²) < 4.78 is 39.3. The van der Waals surface area contributed by atoms with Crippen molar-refractivity contribution in [3.05, 3.63) is 51.7 Å². The minimum atomic E-state index is -4.17. The first kappa shape index (κ1) is 15.1. The van der Waals surface area contributed by atoms with Gasteiger partial charge in [0, 0.05) is 12.3 Å². The smallest absolute Gasteiger partial charge is 0.263 e. The second-order valence-corrected chi connectivity index (χ2v) is 5.71. The molecule has 0 unspecified atom stereocenters. The molecule has 0 fully saturated rings. The molecule has 0 saturated carbocycles. The van der Waals surface area contributed by atoms with E-state index in [4.69, 9.17) is 11.6 Å². The highest BCUT2D eigenvalue weighted by molar-refractivity contribution is 7.92. The molecule has 0 aliphatic rings. The molecule has 8 nitrogen and oxygen atoms in total. The Labute approximate surface area is 122 Å². The van der Waals surface area contributed by atoms with Crippen LogP contribution in [0.25, 0.3) is 0 Å². The van der Waals surface area contributed by atoms with E-state index >= 15 is 0 Å². The van der Waals surface area contributed by atoms with Gasteiger partial charge in [0.15, 0.2) is 0 Å². The fourth-order valence-electron chi connectivity index (χ4n) is 1.39. The van der Waals surface area contributed by atoms with Gasteiger partial charge in [-0.05, 0) is 29.8 Å². The Morgan fingerprint density at radius 3 is 2.67 bits per heavy atom. The molecule has 0 radical (unpaired) electrons. The Kier molecular flexibility index (Phi) is 4.00. The predicted molar refractivity (Wildman–Crippen MR) is 70.9 cm³/mol. The van der Waals surface area contributed by atoms with E-state index in [9.17, 15) is 22.9 Å². The lowest BCUT2D eigenvalue weighted by atomic mass is 10.3. The predicted octanol–water partition coefficient (Wildman–Crippen LogP) is 1.98. The largest absolute Gasteiger partial charge is 0.306 e. The number of nitrogens with zero attached hydrogens (tertiary/aromatic N) is 3. The average Bonchev–Trinajstić information content (AvgIpc) is 2.38. The van der Waals surface area contributed by atoms with Crippen LogP contribution in [0.2, 0.25) is 5.28 Å². The summed E-state index contributed by atoms with van der Waals surface area (Å²) in [6.07, 6.45) is 1.22. The fourth-order valence-corrected chi connectivity index (χ4v) is 2.56. The number of hydrogen-bond donors (Lipinski definition) is 1. The lowest BCUT2D eigenvalue weighted by Crippen LogP contribution is -2.14. The quantitative estimate of drug-likeness (QED) is 0.520. The molecule has 0 atom stereocenters. The van der Waals surface area contributed by atoms with Crippen LogP contribution in [0.15, 0.2) is 35.4 Å². The number of hydrogen-bond acceptors (Lipinski definition) is 6. The molecule has 0 spiro atoms. The number of aromatic nitrogens is 2. The van der Waals surface area contributed by atoms with Crippen molar-refractivity contribution in [2.75, 3.05) is 4.72 Å². The van der Waals surface area contributed by atoms with E-state index < -0.39 is 31.3 Å². The summed E-state index contributed by atoms with van der Waals surface area (Å²) in [6.45, 7) is 0. The SMILES string of the molecule is O=[N+]([O-])c1cc(S(=O)(=O)Nc2ccnc(Cl)n2)ccc1F. The van der Waals surface area contributed by atoms with Crippen molar-refractivity contribution in [3.63, 3.8) is 0 Å². The van der Waals surface area contributed by atoms with E-state index in [-0.39, 0.29) is 11.1 Å². The minimum absolute atomic E-state index is 0.123. The molecule has 0 saturated heterocycles. The molecule has 1 heterocycles. The minimum Gasteiger partial charge on any atom is -0.263 e. The van der Waals surface area contributed by atoms with Crippen LogP contribution in [0.4, 0.5) is 15.9 Å². The number of nitro benzene ring substituents is 1. The van der Waals surface area contributed by atoms with E-state index in [0.29, 0.717) is 12.1 Å². The van der Waals surface area contributed by atoms with E-state index in [1.807, 2.05) is 0 Å². The van der Waals surface area contributed by atoms with Crippen molar-refractivity contribution in [3.8, 4) is 0 Å². The van der Waals surface area contributed by atoms with Crippen molar-refractivity contribution in [2.24, 2.45) is 0 Å². The Bertz CT molecular complexity index is 814. The number of halogens is 2. The molecule has 110 valence electrons. The number of nitrogens with one attached hydrogen (secondary N) is 1. The van der Waals surface area contributed by atoms with Gasteiger partial charge in [-0.1, -0.05) is 0 Å². The van der Waals surface area contributed by atoms with Crippen molar-refractivity contribution >= 4 is 33.1 Å². The number of sulfonamides is 1. The molecule has 21 heavy (non-hydrogen) atoms. The summed E-state index contributed by atoms with van der Waals surface area (Å²) in [4.78, 5) is 16.3. The lowest BCUT2D eigenvalue weighted by Gasteiger charge is -2.07. The van der Waals surface area contributed by atoms with Crippen molar-refractivity contribution in [1.29, 1.82) is 0 Å². The summed E-state index contributed by atoms with van der Waals surface area (Å²) in [5, 5.41) is 10.4. The van der Waals surface area contributed by atoms with Crippen LogP contribution >= 0.6 is 11.6 Å². The molecule has 0 bridgehead atoms. The maximum absolute atomic E-state index is 13.2. The second kappa shape index (κ2) is 5.58. The van der Waals surface area contributed by atoms with Crippen LogP contribution < -0.4 is 4.72 Å². The molecule has 1 aromatic carbocycles. The molecular weight excluding hydrogens is 327 g/mol. The molecule has 0 amide bonds. The van der Waals surface area contributed by atoms with Crippen LogP contribution in [0.3, 0.4) is 0 Å². The topological polar surface area (TPSA) is 115 Å². The van der Waals surface area contributed by atoms with Gasteiger partial charge in [0.2, 0.25) is 11.1 Å². The highest BCUT2D eigenvalue weighted by Gasteiger charge is 2.22. The van der Waals surface area contributed by atoms with Crippen LogP contribution in [0.5, 0.6) is 0 Å². The van der Waals surface area contributed by atoms with Gasteiger partial charge in [-0.15, -0.1) is 0 Å². The first-order valence-corrected chi connectivity index (χ1v) is 7.11. The third-order valence-electron chi connectivity index (χ3n) is 2.29. The maximum atomic E-state index is 13.2. The zero-order valence-electron chi connectivity index (χ0n) is 10.0. The van der Waals surface area contributed by atoms with Crippen molar-refractivity contribution < 1.29 is 17.7 Å². The van der Waals surface area contributed by atoms with Crippen LogP contribution in [0.1, 0.15) is 0 Å². The second-order valence-electron chi connectivity index (χ2n) is 3.69. The fraction of sp³-hybridized carbons (Fsp3) is 0. The lowest BCUT2D eigenvalue weighted by molar-refractivity contribution is -0.387. The van der Waals surface area contributed by atoms with Gasteiger partial charge in [-0.25, -0.2) is 13.4 Å². The van der Waals surface area contributed by atoms with E-state index in [0.717, 1.165) is 6.07 Å². The van der Waals surface area contributed by atoms with Crippen LogP contribution in [0, 0.1) is 15.9 Å². The van der Waals surface area contributed by atoms with Gasteiger partial charge in [-0.3, -0.25) is 14.8 Å². The van der Waals surface area contributed by atoms with Crippen LogP contribution in [-0.4, -0.2) is 23.3 Å². The Balaban J connectivity index is 2.40. The average molecular weight is 333 g/mol. The van der Waals surface area contributed by atoms with Crippen molar-refractivity contribution in [1.82, 2.24) is 9.97 Å². The summed E-state index contributed by atoms with van der Waals surface area (Å²) in [7, 11) is -4.17. The Morgan fingerprint density at radius 1 is 1.33 bits per heavy atom. The number of rotatable bonds is 4.